The molecule has 4 aromatic heterocycles. The minimum atomic E-state index is 0.863. The smallest absolute Gasteiger partial charge is 0.152 e. The van der Waals surface area contributed by atoms with E-state index in [2.05, 4.69) is 19.9 Å². The fourth-order valence-electron chi connectivity index (χ4n) is 2.07. The zero-order chi connectivity index (χ0) is 14.8. The van der Waals surface area contributed by atoms with Crippen LogP contribution >= 0.6 is 22.7 Å². The van der Waals surface area contributed by atoms with Gasteiger partial charge in [-0.25, -0.2) is 9.97 Å². The molecule has 4 nitrogen and oxygen atoms in total. The van der Waals surface area contributed by atoms with E-state index in [0.29, 0.717) is 0 Å². The Morgan fingerprint density at radius 3 is 2.55 bits per heavy atom. The molecule has 0 saturated heterocycles. The molecule has 0 fully saturated rings. The zero-order valence-electron chi connectivity index (χ0n) is 11.4. The number of nitrogens with zero attached hydrogens (tertiary/aromatic N) is 4. The summed E-state index contributed by atoms with van der Waals surface area (Å²) in [6.45, 7) is 0. The fraction of sp³-hybridized carbons (Fsp3) is 0. The van der Waals surface area contributed by atoms with Gasteiger partial charge in [-0.2, -0.15) is 0 Å². The topological polar surface area (TPSA) is 51.6 Å². The molecule has 0 N–H and O–H groups in total. The van der Waals surface area contributed by atoms with Crippen LogP contribution in [0.2, 0.25) is 0 Å². The van der Waals surface area contributed by atoms with Crippen molar-refractivity contribution in [2.24, 2.45) is 0 Å². The summed E-state index contributed by atoms with van der Waals surface area (Å²) in [5.41, 5.74) is 2.83. The molecule has 22 heavy (non-hydrogen) atoms. The highest BCUT2D eigenvalue weighted by atomic mass is 32.1. The van der Waals surface area contributed by atoms with Crippen LogP contribution < -0.4 is 0 Å². The summed E-state index contributed by atoms with van der Waals surface area (Å²) in [4.78, 5) is 18.6. The number of hydrogen-bond acceptors (Lipinski definition) is 6. The molecule has 0 radical (unpaired) electrons. The van der Waals surface area contributed by atoms with Gasteiger partial charge in [-0.05, 0) is 29.8 Å². The first-order chi connectivity index (χ1) is 10.9. The lowest BCUT2D eigenvalue weighted by atomic mass is 10.1. The summed E-state index contributed by atoms with van der Waals surface area (Å²) in [6, 6.07) is 9.85. The molecular formula is C16H10N4S2. The lowest BCUT2D eigenvalue weighted by Gasteiger charge is -2.01. The molecule has 0 unspecified atom stereocenters. The highest BCUT2D eigenvalue weighted by Crippen LogP contribution is 2.33. The number of hydrogen-bond donors (Lipinski definition) is 0. The maximum atomic E-state index is 4.47. The zero-order valence-corrected chi connectivity index (χ0v) is 13.0. The Bertz CT molecular complexity index is 885. The average Bonchev–Trinajstić information content (AvgIpc) is 3.27. The molecule has 0 bridgehead atoms. The standard InChI is InChI=1S/C16H10N4S2/c1-2-5-17-12(3-1)13-9-11(4-6-18-13)14-10-20-16(22-14)15-19-7-8-21-15/h1-10H. The maximum Gasteiger partial charge on any atom is 0.152 e. The van der Waals surface area contributed by atoms with Crippen molar-refractivity contribution < 1.29 is 0 Å². The van der Waals surface area contributed by atoms with Crippen LogP contribution in [-0.2, 0) is 0 Å². The lowest BCUT2D eigenvalue weighted by Crippen LogP contribution is -1.86. The Morgan fingerprint density at radius 2 is 1.73 bits per heavy atom. The predicted molar refractivity (Wildman–Crippen MR) is 89.7 cm³/mol. The van der Waals surface area contributed by atoms with Gasteiger partial charge in [0.15, 0.2) is 10.0 Å². The minimum Gasteiger partial charge on any atom is -0.255 e. The second-order valence-electron chi connectivity index (χ2n) is 4.51. The highest BCUT2D eigenvalue weighted by Gasteiger charge is 2.10. The molecule has 4 rings (SSSR count). The molecule has 4 heterocycles. The van der Waals surface area contributed by atoms with Gasteiger partial charge in [0.25, 0.3) is 0 Å². The predicted octanol–water partition coefficient (Wildman–Crippen LogP) is 4.39. The van der Waals surface area contributed by atoms with Crippen LogP contribution in [0.25, 0.3) is 31.8 Å². The Kier molecular flexibility index (Phi) is 3.46. The van der Waals surface area contributed by atoms with Crippen LogP contribution in [0.5, 0.6) is 0 Å². The molecule has 0 aliphatic rings. The molecule has 0 aliphatic carbocycles. The number of thiazole rings is 2. The Morgan fingerprint density at radius 1 is 0.773 bits per heavy atom. The van der Waals surface area contributed by atoms with E-state index >= 15 is 0 Å². The van der Waals surface area contributed by atoms with E-state index < -0.39 is 0 Å². The van der Waals surface area contributed by atoms with Gasteiger partial charge in [0, 0.05) is 30.2 Å². The number of rotatable bonds is 3. The molecule has 0 aliphatic heterocycles. The van der Waals surface area contributed by atoms with Gasteiger partial charge < -0.3 is 0 Å². The van der Waals surface area contributed by atoms with Gasteiger partial charge in [0.2, 0.25) is 0 Å². The quantitative estimate of drug-likeness (QED) is 0.561. The van der Waals surface area contributed by atoms with E-state index in [-0.39, 0.29) is 0 Å². The van der Waals surface area contributed by atoms with Crippen LogP contribution in [0.15, 0.2) is 60.5 Å². The summed E-state index contributed by atoms with van der Waals surface area (Å²) < 4.78 is 0. The molecule has 0 spiro atoms. The molecule has 4 aromatic rings. The minimum absolute atomic E-state index is 0.863. The Labute approximate surface area is 135 Å². The van der Waals surface area contributed by atoms with Crippen molar-refractivity contribution in [3.8, 4) is 31.8 Å². The van der Waals surface area contributed by atoms with Gasteiger partial charge in [0.05, 0.1) is 16.3 Å². The molecule has 0 atom stereocenters. The highest BCUT2D eigenvalue weighted by molar-refractivity contribution is 7.22. The third kappa shape index (κ3) is 2.54. The molecule has 106 valence electrons. The second-order valence-corrected chi connectivity index (χ2v) is 6.44. The van der Waals surface area contributed by atoms with Crippen molar-refractivity contribution in [2.75, 3.05) is 0 Å². The van der Waals surface area contributed by atoms with Gasteiger partial charge in [-0.15, -0.1) is 22.7 Å². The van der Waals surface area contributed by atoms with Crippen molar-refractivity contribution in [1.29, 1.82) is 0 Å². The Hall–Kier alpha value is -2.44. The normalized spacial score (nSPS) is 10.7. The van der Waals surface area contributed by atoms with E-state index in [0.717, 1.165) is 31.8 Å². The first-order valence-electron chi connectivity index (χ1n) is 6.64. The summed E-state index contributed by atoms with van der Waals surface area (Å²) in [7, 11) is 0. The molecule has 6 heteroatoms. The van der Waals surface area contributed by atoms with Crippen LogP contribution in [-0.4, -0.2) is 19.9 Å². The van der Waals surface area contributed by atoms with Crippen molar-refractivity contribution >= 4 is 22.7 Å². The van der Waals surface area contributed by atoms with Gasteiger partial charge in [0.1, 0.15) is 0 Å². The van der Waals surface area contributed by atoms with Gasteiger partial charge in [-0.1, -0.05) is 6.07 Å². The monoisotopic (exact) mass is 322 g/mol. The lowest BCUT2D eigenvalue weighted by molar-refractivity contribution is 1.25. The Balaban J connectivity index is 1.72. The van der Waals surface area contributed by atoms with E-state index in [1.54, 1.807) is 35.1 Å². The number of aromatic nitrogens is 4. The second kappa shape index (κ2) is 5.75. The van der Waals surface area contributed by atoms with Gasteiger partial charge in [-0.3, -0.25) is 9.97 Å². The van der Waals surface area contributed by atoms with Crippen LogP contribution in [0.1, 0.15) is 0 Å². The average molecular weight is 322 g/mol. The third-order valence-corrected chi connectivity index (χ3v) is 5.05. The fourth-order valence-corrected chi connectivity index (χ4v) is 3.67. The molecule has 0 amide bonds. The molecule has 0 saturated carbocycles. The number of pyridine rings is 2. The summed E-state index contributed by atoms with van der Waals surface area (Å²) in [6.07, 6.45) is 7.27. The SMILES string of the molecule is c1ccc(-c2cc(-c3cnc(-c4nccs4)s3)ccn2)nc1. The molecular weight excluding hydrogens is 312 g/mol. The summed E-state index contributed by atoms with van der Waals surface area (Å²) in [5, 5.41) is 3.86. The third-order valence-electron chi connectivity index (χ3n) is 3.09. The van der Waals surface area contributed by atoms with Crippen LogP contribution in [0.4, 0.5) is 0 Å². The van der Waals surface area contributed by atoms with Crippen LogP contribution in [0.3, 0.4) is 0 Å². The van der Waals surface area contributed by atoms with E-state index in [1.807, 2.05) is 48.1 Å². The first kappa shape index (κ1) is 13.2. The first-order valence-corrected chi connectivity index (χ1v) is 8.33. The maximum absolute atomic E-state index is 4.47. The van der Waals surface area contributed by atoms with Crippen molar-refractivity contribution in [3.63, 3.8) is 0 Å². The molecule has 0 aromatic carbocycles. The van der Waals surface area contributed by atoms with Crippen molar-refractivity contribution in [2.45, 2.75) is 0 Å². The van der Waals surface area contributed by atoms with E-state index in [4.69, 9.17) is 0 Å². The van der Waals surface area contributed by atoms with Gasteiger partial charge >= 0.3 is 0 Å². The largest absolute Gasteiger partial charge is 0.255 e. The van der Waals surface area contributed by atoms with Crippen molar-refractivity contribution in [3.05, 3.63) is 60.5 Å². The van der Waals surface area contributed by atoms with Crippen LogP contribution in [0, 0.1) is 0 Å². The summed E-state index contributed by atoms with van der Waals surface area (Å²) >= 11 is 3.24. The van der Waals surface area contributed by atoms with E-state index in [1.165, 1.54) is 0 Å². The summed E-state index contributed by atoms with van der Waals surface area (Å²) in [5.74, 6) is 0. The van der Waals surface area contributed by atoms with Crippen molar-refractivity contribution in [1.82, 2.24) is 19.9 Å². The van der Waals surface area contributed by atoms with E-state index in [9.17, 15) is 0 Å².